The number of rotatable bonds is 6. The van der Waals surface area contributed by atoms with Gasteiger partial charge in [0.25, 0.3) is 5.69 Å². The Kier molecular flexibility index (Phi) is 5.02. The predicted molar refractivity (Wildman–Crippen MR) is 72.9 cm³/mol. The lowest BCUT2D eigenvalue weighted by Crippen LogP contribution is -2.40. The fourth-order valence-electron chi connectivity index (χ4n) is 1.73. The van der Waals surface area contributed by atoms with Gasteiger partial charge in [-0.15, -0.1) is 0 Å². The normalized spacial score (nSPS) is 14.9. The molecule has 0 aliphatic rings. The van der Waals surface area contributed by atoms with Crippen LogP contribution in [0.2, 0.25) is 0 Å². The van der Waals surface area contributed by atoms with Crippen molar-refractivity contribution in [2.75, 3.05) is 6.54 Å². The van der Waals surface area contributed by atoms with Gasteiger partial charge in [0.1, 0.15) is 0 Å². The molecule has 1 aromatic rings. The summed E-state index contributed by atoms with van der Waals surface area (Å²) in [5.74, 6) is 0. The number of nitro benzene ring substituents is 1. The number of hydrogen-bond acceptors (Lipinski definition) is 5. The first kappa shape index (κ1) is 15.6. The van der Waals surface area contributed by atoms with Gasteiger partial charge in [0.2, 0.25) is 0 Å². The second-order valence-electron chi connectivity index (χ2n) is 4.35. The van der Waals surface area contributed by atoms with Crippen molar-refractivity contribution >= 4 is 15.5 Å². The van der Waals surface area contributed by atoms with Crippen molar-refractivity contribution in [1.82, 2.24) is 5.32 Å². The lowest BCUT2D eigenvalue weighted by Gasteiger charge is -2.20. The first-order valence-corrected chi connectivity index (χ1v) is 7.57. The highest BCUT2D eigenvalue weighted by Crippen LogP contribution is 2.21. The molecule has 0 heterocycles. The molecule has 2 unspecified atom stereocenters. The lowest BCUT2D eigenvalue weighted by molar-refractivity contribution is -0.384. The summed E-state index contributed by atoms with van der Waals surface area (Å²) in [6, 6.07) is 4.78. The summed E-state index contributed by atoms with van der Waals surface area (Å²) in [6.07, 6.45) is 0. The molecule has 2 atom stereocenters. The standard InChI is InChI=1S/C12H18N2O4S/c1-4-13-9(2)10(3)19(17,18)12-7-5-11(6-8-12)14(15)16/h5-10,13H,4H2,1-3H3. The van der Waals surface area contributed by atoms with Crippen LogP contribution in [0.15, 0.2) is 29.2 Å². The van der Waals surface area contributed by atoms with Crippen LogP contribution >= 0.6 is 0 Å². The number of sulfone groups is 1. The number of nitro groups is 1. The molecule has 0 aliphatic carbocycles. The molecule has 0 amide bonds. The van der Waals surface area contributed by atoms with Gasteiger partial charge in [-0.05, 0) is 32.5 Å². The smallest absolute Gasteiger partial charge is 0.269 e. The van der Waals surface area contributed by atoms with E-state index in [4.69, 9.17) is 0 Å². The van der Waals surface area contributed by atoms with Gasteiger partial charge in [-0.1, -0.05) is 6.92 Å². The van der Waals surface area contributed by atoms with E-state index in [-0.39, 0.29) is 16.6 Å². The molecule has 106 valence electrons. The van der Waals surface area contributed by atoms with E-state index in [0.717, 1.165) is 0 Å². The maximum absolute atomic E-state index is 12.3. The van der Waals surface area contributed by atoms with Crippen LogP contribution in [0.1, 0.15) is 20.8 Å². The summed E-state index contributed by atoms with van der Waals surface area (Å²) in [5.41, 5.74) is -0.119. The van der Waals surface area contributed by atoms with Crippen molar-refractivity contribution in [1.29, 1.82) is 0 Å². The van der Waals surface area contributed by atoms with Gasteiger partial charge in [0.15, 0.2) is 9.84 Å². The topological polar surface area (TPSA) is 89.3 Å². The van der Waals surface area contributed by atoms with Crippen LogP contribution in [-0.2, 0) is 9.84 Å². The number of nitrogens with zero attached hydrogens (tertiary/aromatic N) is 1. The van der Waals surface area contributed by atoms with Crippen molar-refractivity contribution in [3.8, 4) is 0 Å². The van der Waals surface area contributed by atoms with Crippen molar-refractivity contribution in [3.63, 3.8) is 0 Å². The molecule has 0 spiro atoms. The maximum Gasteiger partial charge on any atom is 0.269 e. The van der Waals surface area contributed by atoms with Crippen LogP contribution in [-0.4, -0.2) is 31.2 Å². The Morgan fingerprint density at radius 1 is 1.26 bits per heavy atom. The first-order chi connectivity index (χ1) is 8.80. The Balaban J connectivity index is 3.03. The molecule has 0 saturated carbocycles. The molecular formula is C12H18N2O4S. The van der Waals surface area contributed by atoms with E-state index in [9.17, 15) is 18.5 Å². The minimum atomic E-state index is -3.49. The average molecular weight is 286 g/mol. The summed E-state index contributed by atoms with van der Waals surface area (Å²) in [4.78, 5) is 10.1. The second-order valence-corrected chi connectivity index (χ2v) is 6.65. The van der Waals surface area contributed by atoms with Crippen molar-refractivity contribution in [2.24, 2.45) is 0 Å². The van der Waals surface area contributed by atoms with E-state index >= 15 is 0 Å². The van der Waals surface area contributed by atoms with Crippen LogP contribution in [0.5, 0.6) is 0 Å². The molecule has 19 heavy (non-hydrogen) atoms. The average Bonchev–Trinajstić information content (AvgIpc) is 2.38. The fraction of sp³-hybridized carbons (Fsp3) is 0.500. The van der Waals surface area contributed by atoms with Crippen LogP contribution in [0.3, 0.4) is 0 Å². The molecule has 0 radical (unpaired) electrons. The van der Waals surface area contributed by atoms with E-state index in [1.54, 1.807) is 13.8 Å². The number of non-ortho nitro benzene ring substituents is 1. The number of nitrogens with one attached hydrogen (secondary N) is 1. The molecule has 6 nitrogen and oxygen atoms in total. The molecule has 0 saturated heterocycles. The van der Waals surface area contributed by atoms with Gasteiger partial charge in [-0.2, -0.15) is 0 Å². The zero-order valence-corrected chi connectivity index (χ0v) is 12.0. The minimum absolute atomic E-state index is 0.107. The molecule has 0 aromatic heterocycles. The fourth-order valence-corrected chi connectivity index (χ4v) is 3.31. The lowest BCUT2D eigenvalue weighted by atomic mass is 10.2. The molecule has 1 aromatic carbocycles. The highest BCUT2D eigenvalue weighted by atomic mass is 32.2. The predicted octanol–water partition coefficient (Wildman–Crippen LogP) is 1.75. The summed E-state index contributed by atoms with van der Waals surface area (Å²) in [5, 5.41) is 13.0. The highest BCUT2D eigenvalue weighted by molar-refractivity contribution is 7.92. The van der Waals surface area contributed by atoms with Crippen molar-refractivity contribution in [2.45, 2.75) is 37.0 Å². The third-order valence-electron chi connectivity index (χ3n) is 3.10. The largest absolute Gasteiger partial charge is 0.313 e. The van der Waals surface area contributed by atoms with E-state index in [0.29, 0.717) is 6.54 Å². The van der Waals surface area contributed by atoms with Crippen LogP contribution in [0.25, 0.3) is 0 Å². The molecule has 1 rings (SSSR count). The molecule has 0 aliphatic heterocycles. The Labute approximate surface area is 112 Å². The maximum atomic E-state index is 12.3. The van der Waals surface area contributed by atoms with Gasteiger partial charge in [-0.3, -0.25) is 10.1 Å². The van der Waals surface area contributed by atoms with E-state index in [2.05, 4.69) is 5.32 Å². The Bertz CT molecular complexity index is 539. The zero-order valence-electron chi connectivity index (χ0n) is 11.2. The molecule has 0 fully saturated rings. The van der Waals surface area contributed by atoms with Crippen LogP contribution in [0, 0.1) is 10.1 Å². The first-order valence-electron chi connectivity index (χ1n) is 6.02. The van der Waals surface area contributed by atoms with Crippen molar-refractivity contribution < 1.29 is 13.3 Å². The Morgan fingerprint density at radius 2 is 1.79 bits per heavy atom. The quantitative estimate of drug-likeness (QED) is 0.635. The summed E-state index contributed by atoms with van der Waals surface area (Å²) < 4.78 is 24.6. The Hall–Kier alpha value is -1.47. The Morgan fingerprint density at radius 3 is 2.21 bits per heavy atom. The van der Waals surface area contributed by atoms with Gasteiger partial charge >= 0.3 is 0 Å². The summed E-state index contributed by atoms with van der Waals surface area (Å²) in [6.45, 7) is 6.02. The monoisotopic (exact) mass is 286 g/mol. The van der Waals surface area contributed by atoms with Gasteiger partial charge < -0.3 is 5.32 Å². The SMILES string of the molecule is CCNC(C)C(C)S(=O)(=O)c1ccc([N+](=O)[O-])cc1. The van der Waals surface area contributed by atoms with Gasteiger partial charge in [-0.25, -0.2) is 8.42 Å². The summed E-state index contributed by atoms with van der Waals surface area (Å²) >= 11 is 0. The molecule has 7 heteroatoms. The van der Waals surface area contributed by atoms with Crippen LogP contribution in [0.4, 0.5) is 5.69 Å². The third-order valence-corrected chi connectivity index (χ3v) is 5.41. The van der Waals surface area contributed by atoms with Gasteiger partial charge in [0.05, 0.1) is 15.1 Å². The van der Waals surface area contributed by atoms with E-state index in [1.165, 1.54) is 24.3 Å². The number of benzene rings is 1. The second kappa shape index (κ2) is 6.12. The van der Waals surface area contributed by atoms with E-state index in [1.807, 2.05) is 6.92 Å². The van der Waals surface area contributed by atoms with Crippen LogP contribution < -0.4 is 5.32 Å². The van der Waals surface area contributed by atoms with Crippen molar-refractivity contribution in [3.05, 3.63) is 34.4 Å². The minimum Gasteiger partial charge on any atom is -0.313 e. The number of hydrogen-bond donors (Lipinski definition) is 1. The third kappa shape index (κ3) is 3.51. The van der Waals surface area contributed by atoms with Gasteiger partial charge in [0, 0.05) is 18.2 Å². The molecular weight excluding hydrogens is 268 g/mol. The summed E-state index contributed by atoms with van der Waals surface area (Å²) in [7, 11) is -3.49. The van der Waals surface area contributed by atoms with E-state index < -0.39 is 20.0 Å². The molecule has 1 N–H and O–H groups in total. The molecule has 0 bridgehead atoms. The highest BCUT2D eigenvalue weighted by Gasteiger charge is 2.28. The zero-order chi connectivity index (χ0) is 14.6.